The van der Waals surface area contributed by atoms with Crippen LogP contribution in [0, 0.1) is 0 Å². The van der Waals surface area contributed by atoms with Gasteiger partial charge in [-0.1, -0.05) is 0 Å². The van der Waals surface area contributed by atoms with Crippen LogP contribution in [0.1, 0.15) is 53.8 Å². The molecular weight excluding hydrogens is 390 g/mol. The minimum atomic E-state index is -0.122. The summed E-state index contributed by atoms with van der Waals surface area (Å²) in [7, 11) is 0. The second-order valence-electron chi connectivity index (χ2n) is 8.96. The lowest BCUT2D eigenvalue weighted by Crippen LogP contribution is -2.48. The van der Waals surface area contributed by atoms with Crippen LogP contribution in [-0.2, 0) is 11.8 Å². The molecule has 8 heteroatoms. The van der Waals surface area contributed by atoms with Gasteiger partial charge in [0.25, 0.3) is 5.91 Å². The van der Waals surface area contributed by atoms with Crippen LogP contribution in [0.2, 0.25) is 0 Å². The van der Waals surface area contributed by atoms with E-state index in [1.807, 2.05) is 23.2 Å². The molecule has 0 bridgehead atoms. The second kappa shape index (κ2) is 7.14. The molecule has 1 amide bonds. The molecule has 1 unspecified atom stereocenters. The first-order valence-corrected chi connectivity index (χ1v) is 11.1. The summed E-state index contributed by atoms with van der Waals surface area (Å²) in [5, 5.41) is 3.64. The van der Waals surface area contributed by atoms with Crippen LogP contribution >= 0.6 is 0 Å². The zero-order valence-electron chi connectivity index (χ0n) is 17.3. The highest BCUT2D eigenvalue weighted by Gasteiger charge is 2.46. The Bertz CT molecular complexity index is 1110. The molecule has 8 nitrogen and oxygen atoms in total. The van der Waals surface area contributed by atoms with Gasteiger partial charge in [0.2, 0.25) is 0 Å². The average molecular weight is 416 g/mol. The largest absolute Gasteiger partial charge is 0.367 e. The van der Waals surface area contributed by atoms with Gasteiger partial charge in [-0.05, 0) is 50.7 Å². The van der Waals surface area contributed by atoms with Gasteiger partial charge in [0.05, 0.1) is 18.2 Å². The maximum Gasteiger partial charge on any atom is 0.271 e. The molecule has 1 aliphatic heterocycles. The molecule has 2 aliphatic carbocycles. The van der Waals surface area contributed by atoms with Gasteiger partial charge < -0.3 is 15.2 Å². The fourth-order valence-corrected chi connectivity index (χ4v) is 5.05. The SMILES string of the molecule is O=C(c1cnc[nH]1)N1CCCC2(CCc3c(NC4CC4)nc(-c4cccnc4)nc32)C1. The topological polar surface area (TPSA) is 99.7 Å². The summed E-state index contributed by atoms with van der Waals surface area (Å²) in [4.78, 5) is 36.2. The molecule has 2 fully saturated rings. The predicted molar refractivity (Wildman–Crippen MR) is 116 cm³/mol. The van der Waals surface area contributed by atoms with Gasteiger partial charge in [0.15, 0.2) is 5.82 Å². The first-order chi connectivity index (χ1) is 15.2. The molecule has 1 saturated heterocycles. The maximum absolute atomic E-state index is 13.0. The van der Waals surface area contributed by atoms with Crippen molar-refractivity contribution in [3.8, 4) is 11.4 Å². The highest BCUT2D eigenvalue weighted by molar-refractivity contribution is 5.92. The predicted octanol–water partition coefficient (Wildman–Crippen LogP) is 2.96. The Hall–Kier alpha value is -3.29. The van der Waals surface area contributed by atoms with Gasteiger partial charge in [-0.25, -0.2) is 15.0 Å². The van der Waals surface area contributed by atoms with Crippen molar-refractivity contribution >= 4 is 11.7 Å². The number of carbonyl (C=O) groups is 1. The van der Waals surface area contributed by atoms with Gasteiger partial charge in [-0.15, -0.1) is 0 Å². The van der Waals surface area contributed by atoms with E-state index in [2.05, 4.69) is 20.3 Å². The van der Waals surface area contributed by atoms with Gasteiger partial charge in [-0.3, -0.25) is 9.78 Å². The number of H-pyrrole nitrogens is 1. The monoisotopic (exact) mass is 415 g/mol. The normalized spacial score (nSPS) is 22.5. The van der Waals surface area contributed by atoms with E-state index in [1.165, 1.54) is 18.4 Å². The molecule has 2 N–H and O–H groups in total. The molecule has 4 heterocycles. The number of anilines is 1. The minimum absolute atomic E-state index is 0.0166. The van der Waals surface area contributed by atoms with Gasteiger partial charge in [-0.2, -0.15) is 0 Å². The standard InChI is InChI=1S/C23H25N7O/c31-22(18-12-25-14-26-18)30-10-2-7-23(13-30)8-6-17-19(23)28-20(15-3-1-9-24-11-15)29-21(17)27-16-4-5-16/h1,3,9,11-12,14,16H,2,4-8,10,13H2,(H,25,26)(H,27,28,29). The van der Waals surface area contributed by atoms with Crippen LogP contribution in [0.3, 0.4) is 0 Å². The molecule has 158 valence electrons. The first kappa shape index (κ1) is 18.5. The molecular formula is C23H25N7O. The molecule has 6 rings (SSSR count). The van der Waals surface area contributed by atoms with Gasteiger partial charge in [0, 0.05) is 48.1 Å². The van der Waals surface area contributed by atoms with E-state index in [4.69, 9.17) is 9.97 Å². The summed E-state index contributed by atoms with van der Waals surface area (Å²) in [5.74, 6) is 1.71. The van der Waals surface area contributed by atoms with Crippen molar-refractivity contribution in [1.29, 1.82) is 0 Å². The smallest absolute Gasteiger partial charge is 0.271 e. The van der Waals surface area contributed by atoms with E-state index in [1.54, 1.807) is 18.7 Å². The Morgan fingerprint density at radius 3 is 2.90 bits per heavy atom. The number of amides is 1. The van der Waals surface area contributed by atoms with Crippen molar-refractivity contribution in [3.05, 3.63) is 54.0 Å². The second-order valence-corrected chi connectivity index (χ2v) is 8.96. The third kappa shape index (κ3) is 3.26. The number of carbonyl (C=O) groups excluding carboxylic acids is 1. The lowest BCUT2D eigenvalue weighted by Gasteiger charge is -2.40. The Kier molecular flexibility index (Phi) is 4.26. The van der Waals surface area contributed by atoms with E-state index in [0.29, 0.717) is 24.1 Å². The number of likely N-dealkylation sites (tertiary alicyclic amines) is 1. The molecule has 0 radical (unpaired) electrons. The molecule has 1 saturated carbocycles. The summed E-state index contributed by atoms with van der Waals surface area (Å²) in [5.41, 5.74) is 3.70. The number of imidazole rings is 1. The average Bonchev–Trinajstić information content (AvgIpc) is 3.32. The number of aromatic amines is 1. The highest BCUT2D eigenvalue weighted by atomic mass is 16.2. The van der Waals surface area contributed by atoms with E-state index in [0.717, 1.165) is 49.3 Å². The maximum atomic E-state index is 13.0. The lowest BCUT2D eigenvalue weighted by atomic mass is 9.77. The first-order valence-electron chi connectivity index (χ1n) is 11.1. The van der Waals surface area contributed by atoms with Crippen molar-refractivity contribution in [3.63, 3.8) is 0 Å². The van der Waals surface area contributed by atoms with Crippen molar-refractivity contribution in [1.82, 2.24) is 29.8 Å². The summed E-state index contributed by atoms with van der Waals surface area (Å²) in [6.07, 6.45) is 13.1. The van der Waals surface area contributed by atoms with Crippen LogP contribution in [0.4, 0.5) is 5.82 Å². The molecule has 1 atom stereocenters. The van der Waals surface area contributed by atoms with Crippen molar-refractivity contribution in [2.24, 2.45) is 0 Å². The van der Waals surface area contributed by atoms with Crippen molar-refractivity contribution < 1.29 is 4.79 Å². The van der Waals surface area contributed by atoms with E-state index in [-0.39, 0.29) is 11.3 Å². The summed E-state index contributed by atoms with van der Waals surface area (Å²) in [6.45, 7) is 1.45. The number of hydrogen-bond acceptors (Lipinski definition) is 6. The summed E-state index contributed by atoms with van der Waals surface area (Å²) in [6, 6.07) is 4.44. The van der Waals surface area contributed by atoms with Crippen LogP contribution in [-0.4, -0.2) is 54.9 Å². The number of nitrogens with one attached hydrogen (secondary N) is 2. The quantitative estimate of drug-likeness (QED) is 0.680. The third-order valence-electron chi connectivity index (χ3n) is 6.79. The minimum Gasteiger partial charge on any atom is -0.367 e. The number of pyridine rings is 1. The zero-order valence-corrected chi connectivity index (χ0v) is 17.3. The molecule has 1 spiro atoms. The number of nitrogens with zero attached hydrogens (tertiary/aromatic N) is 5. The Balaban J connectivity index is 1.40. The number of aromatic nitrogens is 5. The Labute approximate surface area is 180 Å². The van der Waals surface area contributed by atoms with E-state index in [9.17, 15) is 4.79 Å². The molecule has 31 heavy (non-hydrogen) atoms. The summed E-state index contributed by atoms with van der Waals surface area (Å²) < 4.78 is 0. The molecule has 0 aromatic carbocycles. The van der Waals surface area contributed by atoms with Crippen LogP contribution < -0.4 is 5.32 Å². The fourth-order valence-electron chi connectivity index (χ4n) is 5.05. The number of rotatable bonds is 4. The number of hydrogen-bond donors (Lipinski definition) is 2. The molecule has 3 aliphatic rings. The molecule has 3 aromatic heterocycles. The fraction of sp³-hybridized carbons (Fsp3) is 0.435. The van der Waals surface area contributed by atoms with E-state index < -0.39 is 0 Å². The summed E-state index contributed by atoms with van der Waals surface area (Å²) >= 11 is 0. The highest BCUT2D eigenvalue weighted by Crippen LogP contribution is 2.47. The third-order valence-corrected chi connectivity index (χ3v) is 6.79. The van der Waals surface area contributed by atoms with Gasteiger partial charge >= 0.3 is 0 Å². The van der Waals surface area contributed by atoms with Crippen molar-refractivity contribution in [2.45, 2.75) is 50.0 Å². The van der Waals surface area contributed by atoms with Crippen LogP contribution in [0.15, 0.2) is 37.1 Å². The van der Waals surface area contributed by atoms with Crippen LogP contribution in [0.5, 0.6) is 0 Å². The van der Waals surface area contributed by atoms with Crippen LogP contribution in [0.25, 0.3) is 11.4 Å². The lowest BCUT2D eigenvalue weighted by molar-refractivity contribution is 0.0628. The number of fused-ring (bicyclic) bond motifs is 2. The Morgan fingerprint density at radius 2 is 2.13 bits per heavy atom. The van der Waals surface area contributed by atoms with E-state index >= 15 is 0 Å². The van der Waals surface area contributed by atoms with Gasteiger partial charge in [0.1, 0.15) is 11.5 Å². The Morgan fingerprint density at radius 1 is 1.19 bits per heavy atom. The zero-order chi connectivity index (χ0) is 20.8. The molecule has 3 aromatic rings. The van der Waals surface area contributed by atoms with Crippen molar-refractivity contribution in [2.75, 3.05) is 18.4 Å². The number of piperidine rings is 1.